The molecule has 0 bridgehead atoms. The maximum absolute atomic E-state index is 3.73. The average molecular weight is 266 g/mol. The molecule has 2 heteroatoms. The highest BCUT2D eigenvalue weighted by atomic mass is 15.1. The summed E-state index contributed by atoms with van der Waals surface area (Å²) in [6.07, 6.45) is 2.36. The molecule has 1 atom stereocenters. The minimum absolute atomic E-state index is 0.436. The van der Waals surface area contributed by atoms with Gasteiger partial charge in [0, 0.05) is 14.1 Å². The lowest BCUT2D eigenvalue weighted by atomic mass is 10.0. The summed E-state index contributed by atoms with van der Waals surface area (Å²) in [6.45, 7) is 2.17. The molecule has 2 aromatic carbocycles. The molecule has 0 saturated carbocycles. The Bertz CT molecular complexity index is 617. The lowest BCUT2D eigenvalue weighted by Crippen LogP contribution is -2.14. The van der Waals surface area contributed by atoms with E-state index in [1.54, 1.807) is 0 Å². The number of hydrogen-bond donors (Lipinski definition) is 1. The second-order valence-corrected chi connectivity index (χ2v) is 5.85. The zero-order valence-electron chi connectivity index (χ0n) is 12.5. The fourth-order valence-electron chi connectivity index (χ4n) is 3.05. The topological polar surface area (TPSA) is 15.3 Å². The van der Waals surface area contributed by atoms with E-state index in [0.717, 1.165) is 0 Å². The fraction of sp³-hybridized carbons (Fsp3) is 0.333. The summed E-state index contributed by atoms with van der Waals surface area (Å²) in [4.78, 5) is 2.16. The minimum atomic E-state index is 0.436. The Kier molecular flexibility index (Phi) is 3.39. The molecule has 1 aliphatic carbocycles. The highest BCUT2D eigenvalue weighted by molar-refractivity contribution is 5.70. The van der Waals surface area contributed by atoms with Crippen LogP contribution in [0.15, 0.2) is 42.5 Å². The van der Waals surface area contributed by atoms with Crippen molar-refractivity contribution in [3.05, 3.63) is 59.2 Å². The summed E-state index contributed by atoms with van der Waals surface area (Å²) < 4.78 is 0. The number of anilines is 2. The summed E-state index contributed by atoms with van der Waals surface area (Å²) >= 11 is 0. The Hall–Kier alpha value is -1.96. The van der Waals surface area contributed by atoms with E-state index in [-0.39, 0.29) is 0 Å². The monoisotopic (exact) mass is 266 g/mol. The van der Waals surface area contributed by atoms with Crippen molar-refractivity contribution in [2.45, 2.75) is 25.8 Å². The van der Waals surface area contributed by atoms with Crippen LogP contribution in [0.2, 0.25) is 0 Å². The first-order valence-electron chi connectivity index (χ1n) is 7.27. The van der Waals surface area contributed by atoms with E-state index in [0.29, 0.717) is 6.04 Å². The van der Waals surface area contributed by atoms with E-state index in [1.807, 2.05) is 0 Å². The molecule has 0 aromatic heterocycles. The van der Waals surface area contributed by atoms with Crippen LogP contribution in [-0.4, -0.2) is 14.1 Å². The number of benzene rings is 2. The molecule has 0 aliphatic heterocycles. The van der Waals surface area contributed by atoms with Gasteiger partial charge in [-0.2, -0.15) is 0 Å². The molecule has 1 unspecified atom stereocenters. The van der Waals surface area contributed by atoms with E-state index in [9.17, 15) is 0 Å². The molecule has 0 spiro atoms. The Morgan fingerprint density at radius 2 is 1.90 bits per heavy atom. The van der Waals surface area contributed by atoms with Crippen LogP contribution < -0.4 is 10.2 Å². The van der Waals surface area contributed by atoms with E-state index in [1.165, 1.54) is 40.9 Å². The predicted molar refractivity (Wildman–Crippen MR) is 86.6 cm³/mol. The van der Waals surface area contributed by atoms with E-state index < -0.39 is 0 Å². The molecule has 2 aromatic rings. The van der Waals surface area contributed by atoms with E-state index in [4.69, 9.17) is 0 Å². The second-order valence-electron chi connectivity index (χ2n) is 5.85. The summed E-state index contributed by atoms with van der Waals surface area (Å²) in [6, 6.07) is 15.8. The van der Waals surface area contributed by atoms with Gasteiger partial charge in [-0.05, 0) is 43.0 Å². The van der Waals surface area contributed by atoms with Crippen molar-refractivity contribution in [3.63, 3.8) is 0 Å². The molecule has 0 saturated heterocycles. The predicted octanol–water partition coefficient (Wildman–Crippen LogP) is 4.16. The Balaban J connectivity index is 1.89. The first kappa shape index (κ1) is 13.0. The largest absolute Gasteiger partial charge is 0.377 e. The molecule has 0 amide bonds. The van der Waals surface area contributed by atoms with Crippen molar-refractivity contribution in [2.24, 2.45) is 0 Å². The molecule has 20 heavy (non-hydrogen) atoms. The molecular weight excluding hydrogens is 244 g/mol. The van der Waals surface area contributed by atoms with Gasteiger partial charge in [-0.15, -0.1) is 0 Å². The summed E-state index contributed by atoms with van der Waals surface area (Å²) in [5, 5.41) is 3.73. The molecular formula is C18H22N2. The maximum Gasteiger partial charge on any atom is 0.0596 e. The first-order chi connectivity index (χ1) is 9.65. The normalized spacial score (nSPS) is 16.9. The maximum atomic E-state index is 3.73. The van der Waals surface area contributed by atoms with Gasteiger partial charge in [0.15, 0.2) is 0 Å². The smallest absolute Gasteiger partial charge is 0.0596 e. The van der Waals surface area contributed by atoms with Gasteiger partial charge in [-0.25, -0.2) is 0 Å². The van der Waals surface area contributed by atoms with Crippen molar-refractivity contribution in [2.75, 3.05) is 24.3 Å². The zero-order valence-corrected chi connectivity index (χ0v) is 12.5. The van der Waals surface area contributed by atoms with Crippen molar-refractivity contribution in [1.82, 2.24) is 0 Å². The van der Waals surface area contributed by atoms with Crippen molar-refractivity contribution >= 4 is 11.4 Å². The standard InChI is InChI=1S/C18H22N2/c1-13-8-9-14-10-11-16(15(14)12-13)19-17-6-4-5-7-18(17)20(2)3/h4-9,12,16,19H,10-11H2,1-3H3. The van der Waals surface area contributed by atoms with Crippen LogP contribution in [0.1, 0.15) is 29.2 Å². The molecule has 2 nitrogen and oxygen atoms in total. The van der Waals surface area contributed by atoms with Gasteiger partial charge < -0.3 is 10.2 Å². The Labute approximate surface area is 121 Å². The first-order valence-corrected chi connectivity index (χ1v) is 7.27. The second kappa shape index (κ2) is 5.20. The number of hydrogen-bond acceptors (Lipinski definition) is 2. The van der Waals surface area contributed by atoms with Crippen LogP contribution in [0.5, 0.6) is 0 Å². The Morgan fingerprint density at radius 1 is 1.10 bits per heavy atom. The average Bonchev–Trinajstić information content (AvgIpc) is 2.82. The van der Waals surface area contributed by atoms with Crippen LogP contribution in [0, 0.1) is 6.92 Å². The van der Waals surface area contributed by atoms with Crippen LogP contribution >= 0.6 is 0 Å². The highest BCUT2D eigenvalue weighted by Crippen LogP contribution is 2.36. The van der Waals surface area contributed by atoms with E-state index in [2.05, 4.69) is 73.7 Å². The molecule has 0 heterocycles. The van der Waals surface area contributed by atoms with Crippen LogP contribution in [-0.2, 0) is 6.42 Å². The van der Waals surface area contributed by atoms with Gasteiger partial charge >= 0.3 is 0 Å². The minimum Gasteiger partial charge on any atom is -0.377 e. The molecule has 1 N–H and O–H groups in total. The van der Waals surface area contributed by atoms with Gasteiger partial charge in [0.1, 0.15) is 0 Å². The summed E-state index contributed by atoms with van der Waals surface area (Å²) in [5.41, 5.74) is 6.78. The van der Waals surface area contributed by atoms with E-state index >= 15 is 0 Å². The third kappa shape index (κ3) is 2.38. The molecule has 3 rings (SSSR count). The lowest BCUT2D eigenvalue weighted by molar-refractivity contribution is 0.761. The highest BCUT2D eigenvalue weighted by Gasteiger charge is 2.22. The molecule has 1 aliphatic rings. The van der Waals surface area contributed by atoms with Crippen LogP contribution in [0.3, 0.4) is 0 Å². The summed E-state index contributed by atoms with van der Waals surface area (Å²) in [5.74, 6) is 0. The third-order valence-electron chi connectivity index (χ3n) is 4.09. The van der Waals surface area contributed by atoms with Crippen molar-refractivity contribution in [3.8, 4) is 0 Å². The van der Waals surface area contributed by atoms with Gasteiger partial charge in [-0.1, -0.05) is 35.9 Å². The number of nitrogens with one attached hydrogen (secondary N) is 1. The number of fused-ring (bicyclic) bond motifs is 1. The number of aryl methyl sites for hydroxylation is 2. The molecule has 104 valence electrons. The lowest BCUT2D eigenvalue weighted by Gasteiger charge is -2.22. The van der Waals surface area contributed by atoms with Gasteiger partial charge in [0.2, 0.25) is 0 Å². The summed E-state index contributed by atoms with van der Waals surface area (Å²) in [7, 11) is 4.18. The van der Waals surface area contributed by atoms with Crippen molar-refractivity contribution in [1.29, 1.82) is 0 Å². The zero-order chi connectivity index (χ0) is 14.1. The quantitative estimate of drug-likeness (QED) is 0.897. The third-order valence-corrected chi connectivity index (χ3v) is 4.09. The number of rotatable bonds is 3. The fourth-order valence-corrected chi connectivity index (χ4v) is 3.05. The van der Waals surface area contributed by atoms with Crippen LogP contribution in [0.25, 0.3) is 0 Å². The molecule has 0 fully saturated rings. The van der Waals surface area contributed by atoms with Crippen LogP contribution in [0.4, 0.5) is 11.4 Å². The number of nitrogens with zero attached hydrogens (tertiary/aromatic N) is 1. The van der Waals surface area contributed by atoms with Gasteiger partial charge in [0.25, 0.3) is 0 Å². The van der Waals surface area contributed by atoms with Crippen molar-refractivity contribution < 1.29 is 0 Å². The Morgan fingerprint density at radius 3 is 2.70 bits per heavy atom. The number of para-hydroxylation sites is 2. The SMILES string of the molecule is Cc1ccc2c(c1)C(Nc1ccccc1N(C)C)CC2. The van der Waals surface area contributed by atoms with Gasteiger partial charge in [-0.3, -0.25) is 0 Å². The molecule has 0 radical (unpaired) electrons. The van der Waals surface area contributed by atoms with Gasteiger partial charge in [0.05, 0.1) is 17.4 Å².